The van der Waals surface area contributed by atoms with Gasteiger partial charge in [-0.05, 0) is 18.9 Å². The molecule has 0 aliphatic heterocycles. The van der Waals surface area contributed by atoms with Crippen molar-refractivity contribution in [2.24, 2.45) is 0 Å². The fourth-order valence-corrected chi connectivity index (χ4v) is 1.36. The second kappa shape index (κ2) is 5.56. The lowest BCUT2D eigenvalue weighted by molar-refractivity contribution is -0.145. The Balaban J connectivity index is 2.31. The molecule has 2 N–H and O–H groups in total. The molecule has 0 aliphatic rings. The Morgan fingerprint density at radius 2 is 2.06 bits per heavy atom. The lowest BCUT2D eigenvalue weighted by Gasteiger charge is -2.10. The van der Waals surface area contributed by atoms with Gasteiger partial charge in [-0.15, -0.1) is 0 Å². The van der Waals surface area contributed by atoms with E-state index in [0.29, 0.717) is 6.42 Å². The van der Waals surface area contributed by atoms with E-state index in [0.717, 1.165) is 16.4 Å². The van der Waals surface area contributed by atoms with Crippen LogP contribution in [0.2, 0.25) is 0 Å². The van der Waals surface area contributed by atoms with E-state index in [4.69, 9.17) is 0 Å². The molecule has 0 spiro atoms. The number of alkyl halides is 3. The predicted molar refractivity (Wildman–Crippen MR) is 57.5 cm³/mol. The van der Waals surface area contributed by atoms with Crippen molar-refractivity contribution < 1.29 is 18.0 Å². The van der Waals surface area contributed by atoms with E-state index >= 15 is 0 Å². The lowest BCUT2D eigenvalue weighted by atomic mass is 10.1. The Morgan fingerprint density at radius 3 is 2.65 bits per heavy atom. The van der Waals surface area contributed by atoms with Crippen molar-refractivity contribution in [2.75, 3.05) is 6.54 Å². The highest BCUT2D eigenvalue weighted by atomic mass is 19.4. The van der Waals surface area contributed by atoms with Gasteiger partial charge in [0.25, 0.3) is 0 Å². The fourth-order valence-electron chi connectivity index (χ4n) is 1.36. The molecule has 0 unspecified atom stereocenters. The SMILES string of the molecule is Cc1cccc(CCNC(=O)NC(F)(F)F)c1. The van der Waals surface area contributed by atoms with Gasteiger partial charge in [-0.1, -0.05) is 29.8 Å². The van der Waals surface area contributed by atoms with E-state index in [1.165, 1.54) is 0 Å². The van der Waals surface area contributed by atoms with Gasteiger partial charge >= 0.3 is 12.3 Å². The van der Waals surface area contributed by atoms with E-state index in [1.54, 1.807) is 0 Å². The van der Waals surface area contributed by atoms with Crippen molar-refractivity contribution in [3.05, 3.63) is 35.4 Å². The standard InChI is InChI=1S/C11H13F3N2O/c1-8-3-2-4-9(7-8)5-6-15-10(17)16-11(12,13)14/h2-4,7H,5-6H2,1H3,(H2,15,16,17). The minimum atomic E-state index is -4.69. The van der Waals surface area contributed by atoms with Gasteiger partial charge in [0.15, 0.2) is 0 Å². The minimum Gasteiger partial charge on any atom is -0.338 e. The summed E-state index contributed by atoms with van der Waals surface area (Å²) in [6.07, 6.45) is -4.19. The Hall–Kier alpha value is -1.72. The molecule has 2 amide bonds. The van der Waals surface area contributed by atoms with E-state index < -0.39 is 12.3 Å². The van der Waals surface area contributed by atoms with Gasteiger partial charge in [-0.3, -0.25) is 0 Å². The Kier molecular flexibility index (Phi) is 4.37. The summed E-state index contributed by atoms with van der Waals surface area (Å²) in [6.45, 7) is 2.08. The molecule has 17 heavy (non-hydrogen) atoms. The molecule has 0 bridgehead atoms. The Labute approximate surface area is 97.0 Å². The van der Waals surface area contributed by atoms with Crippen LogP contribution in [0.25, 0.3) is 0 Å². The summed E-state index contributed by atoms with van der Waals surface area (Å²) >= 11 is 0. The van der Waals surface area contributed by atoms with Crippen molar-refractivity contribution in [1.82, 2.24) is 10.6 Å². The quantitative estimate of drug-likeness (QED) is 0.790. The summed E-state index contributed by atoms with van der Waals surface area (Å²) in [5.41, 5.74) is 2.04. The number of carbonyl (C=O) groups is 1. The second-order valence-electron chi connectivity index (χ2n) is 3.62. The number of carbonyl (C=O) groups excluding carboxylic acids is 1. The third kappa shape index (κ3) is 5.79. The van der Waals surface area contributed by atoms with Crippen molar-refractivity contribution in [2.45, 2.75) is 19.6 Å². The van der Waals surface area contributed by atoms with Crippen LogP contribution >= 0.6 is 0 Å². The van der Waals surface area contributed by atoms with Crippen molar-refractivity contribution in [3.63, 3.8) is 0 Å². The van der Waals surface area contributed by atoms with Gasteiger partial charge in [0, 0.05) is 6.54 Å². The number of halogens is 3. The largest absolute Gasteiger partial charge is 0.485 e. The highest BCUT2D eigenvalue weighted by molar-refractivity contribution is 5.74. The molecule has 1 rings (SSSR count). The zero-order valence-corrected chi connectivity index (χ0v) is 9.27. The van der Waals surface area contributed by atoms with Crippen LogP contribution in [-0.2, 0) is 6.42 Å². The minimum absolute atomic E-state index is 0.158. The third-order valence-corrected chi connectivity index (χ3v) is 2.04. The van der Waals surface area contributed by atoms with Crippen LogP contribution in [0.1, 0.15) is 11.1 Å². The molecule has 0 saturated heterocycles. The first kappa shape index (κ1) is 13.3. The number of hydrogen-bond donors (Lipinski definition) is 2. The molecule has 0 aromatic heterocycles. The van der Waals surface area contributed by atoms with E-state index in [9.17, 15) is 18.0 Å². The lowest BCUT2D eigenvalue weighted by Crippen LogP contribution is -2.44. The average molecular weight is 246 g/mol. The topological polar surface area (TPSA) is 41.1 Å². The molecule has 6 heteroatoms. The number of nitrogens with one attached hydrogen (secondary N) is 2. The van der Waals surface area contributed by atoms with Gasteiger partial charge in [0.2, 0.25) is 0 Å². The van der Waals surface area contributed by atoms with Crippen molar-refractivity contribution >= 4 is 6.03 Å². The van der Waals surface area contributed by atoms with Gasteiger partial charge in [-0.2, -0.15) is 13.2 Å². The number of rotatable bonds is 3. The van der Waals surface area contributed by atoms with Gasteiger partial charge in [0.1, 0.15) is 0 Å². The molecular weight excluding hydrogens is 233 g/mol. The molecule has 94 valence electrons. The smallest absolute Gasteiger partial charge is 0.338 e. The number of aryl methyl sites for hydroxylation is 1. The molecule has 0 heterocycles. The highest BCUT2D eigenvalue weighted by Crippen LogP contribution is 2.08. The van der Waals surface area contributed by atoms with Gasteiger partial charge in [0.05, 0.1) is 0 Å². The van der Waals surface area contributed by atoms with Crippen LogP contribution in [0.4, 0.5) is 18.0 Å². The van der Waals surface area contributed by atoms with E-state index in [1.807, 2.05) is 31.2 Å². The first-order valence-corrected chi connectivity index (χ1v) is 5.05. The molecule has 0 atom stereocenters. The molecule has 1 aromatic rings. The molecule has 0 radical (unpaired) electrons. The first-order valence-electron chi connectivity index (χ1n) is 5.05. The number of hydrogen-bond acceptors (Lipinski definition) is 1. The summed E-state index contributed by atoms with van der Waals surface area (Å²) in [4.78, 5) is 10.8. The van der Waals surface area contributed by atoms with Crippen molar-refractivity contribution in [3.8, 4) is 0 Å². The van der Waals surface area contributed by atoms with Crippen LogP contribution in [0.3, 0.4) is 0 Å². The molecule has 3 nitrogen and oxygen atoms in total. The van der Waals surface area contributed by atoms with E-state index in [-0.39, 0.29) is 6.54 Å². The number of benzene rings is 1. The monoisotopic (exact) mass is 246 g/mol. The van der Waals surface area contributed by atoms with E-state index in [2.05, 4.69) is 5.32 Å². The molecule has 1 aromatic carbocycles. The highest BCUT2D eigenvalue weighted by Gasteiger charge is 2.29. The maximum Gasteiger partial charge on any atom is 0.485 e. The summed E-state index contributed by atoms with van der Waals surface area (Å²) in [5, 5.41) is 3.00. The molecular formula is C11H13F3N2O. The maximum atomic E-state index is 11.7. The summed E-state index contributed by atoms with van der Waals surface area (Å²) in [7, 11) is 0. The van der Waals surface area contributed by atoms with Crippen molar-refractivity contribution in [1.29, 1.82) is 0 Å². The normalized spacial score (nSPS) is 11.1. The van der Waals surface area contributed by atoms with Crippen LogP contribution in [0, 0.1) is 6.92 Å². The van der Waals surface area contributed by atoms with Crippen LogP contribution < -0.4 is 10.6 Å². The van der Waals surface area contributed by atoms with Crippen LogP contribution in [0.15, 0.2) is 24.3 Å². The molecule has 0 aliphatic carbocycles. The Morgan fingerprint density at radius 1 is 1.35 bits per heavy atom. The number of urea groups is 1. The zero-order valence-electron chi connectivity index (χ0n) is 9.27. The summed E-state index contributed by atoms with van der Waals surface area (Å²) in [6, 6.07) is 6.33. The Bertz CT molecular complexity index is 391. The van der Waals surface area contributed by atoms with Gasteiger partial charge < -0.3 is 5.32 Å². The average Bonchev–Trinajstić information content (AvgIpc) is 2.14. The van der Waals surface area contributed by atoms with Gasteiger partial charge in [-0.25, -0.2) is 10.1 Å². The predicted octanol–water partition coefficient (Wildman–Crippen LogP) is 2.36. The van der Waals surface area contributed by atoms with Crippen LogP contribution in [0.5, 0.6) is 0 Å². The summed E-state index contributed by atoms with van der Waals surface area (Å²) in [5.74, 6) is 0. The fraction of sp³-hybridized carbons (Fsp3) is 0.364. The first-order chi connectivity index (χ1) is 7.87. The molecule has 0 fully saturated rings. The number of amides is 2. The second-order valence-corrected chi connectivity index (χ2v) is 3.62. The zero-order chi connectivity index (χ0) is 12.9. The maximum absolute atomic E-state index is 11.7. The van der Waals surface area contributed by atoms with Crippen LogP contribution in [-0.4, -0.2) is 18.9 Å². The summed E-state index contributed by atoms with van der Waals surface area (Å²) < 4.78 is 35.2. The molecule has 0 saturated carbocycles. The third-order valence-electron chi connectivity index (χ3n) is 2.04.